The number of likely N-dealkylation sites (tertiary alicyclic amines) is 1. The van der Waals surface area contributed by atoms with Crippen molar-refractivity contribution in [3.8, 4) is 0 Å². The van der Waals surface area contributed by atoms with Gasteiger partial charge < -0.3 is 10.0 Å². The summed E-state index contributed by atoms with van der Waals surface area (Å²) in [4.78, 5) is 2.14. The van der Waals surface area contributed by atoms with E-state index in [1.807, 2.05) is 0 Å². The highest BCUT2D eigenvalue weighted by Gasteiger charge is 2.25. The maximum absolute atomic E-state index is 9.28. The minimum absolute atomic E-state index is 0.289. The number of nitrogens with zero attached hydrogens (tertiary/aromatic N) is 1. The Kier molecular flexibility index (Phi) is 2.00. The summed E-state index contributed by atoms with van der Waals surface area (Å²) in [6, 6.07) is 0.477. The lowest BCUT2D eigenvalue weighted by Gasteiger charge is -2.23. The molecule has 1 fully saturated rings. The summed E-state index contributed by atoms with van der Waals surface area (Å²) in [6.45, 7) is 9.00. The van der Waals surface area contributed by atoms with Gasteiger partial charge in [0.2, 0.25) is 0 Å². The molecule has 1 aliphatic rings. The van der Waals surface area contributed by atoms with E-state index in [1.165, 1.54) is 0 Å². The highest BCUT2D eigenvalue weighted by molar-refractivity contribution is 5.07. The van der Waals surface area contributed by atoms with Crippen LogP contribution in [0.3, 0.4) is 0 Å². The van der Waals surface area contributed by atoms with Crippen molar-refractivity contribution in [3.63, 3.8) is 0 Å². The van der Waals surface area contributed by atoms with E-state index < -0.39 is 0 Å². The molecule has 0 aromatic carbocycles. The molecule has 0 saturated carbocycles. The highest BCUT2D eigenvalue weighted by atomic mass is 16.3. The third kappa shape index (κ3) is 1.16. The van der Waals surface area contributed by atoms with Crippen LogP contribution >= 0.6 is 0 Å². The topological polar surface area (TPSA) is 23.5 Å². The summed E-state index contributed by atoms with van der Waals surface area (Å²) in [5, 5.41) is 9.28. The standard InChI is InChI=1S/C8H15NO/c1-6(2)9-5-4-8(10)7(9)3/h6,8,10H,3-5H2,1-2H3/t8-/m0/s1. The highest BCUT2D eigenvalue weighted by Crippen LogP contribution is 2.21. The molecular formula is C8H15NO. The van der Waals surface area contributed by atoms with Gasteiger partial charge >= 0.3 is 0 Å². The molecule has 58 valence electrons. The van der Waals surface area contributed by atoms with Gasteiger partial charge in [-0.15, -0.1) is 0 Å². The Labute approximate surface area is 62.2 Å². The molecule has 0 aliphatic carbocycles. The van der Waals surface area contributed by atoms with Crippen LogP contribution in [0.25, 0.3) is 0 Å². The smallest absolute Gasteiger partial charge is 0.0947 e. The predicted molar refractivity (Wildman–Crippen MR) is 41.6 cm³/mol. The van der Waals surface area contributed by atoms with Crippen LogP contribution in [0.15, 0.2) is 12.3 Å². The van der Waals surface area contributed by atoms with E-state index in [4.69, 9.17) is 0 Å². The van der Waals surface area contributed by atoms with Crippen molar-refractivity contribution in [1.82, 2.24) is 4.90 Å². The molecule has 1 N–H and O–H groups in total. The summed E-state index contributed by atoms with van der Waals surface area (Å²) < 4.78 is 0. The van der Waals surface area contributed by atoms with Crippen LogP contribution < -0.4 is 0 Å². The molecule has 1 atom stereocenters. The minimum Gasteiger partial charge on any atom is -0.387 e. The summed E-state index contributed by atoms with van der Waals surface area (Å²) in [5.41, 5.74) is 0.884. The summed E-state index contributed by atoms with van der Waals surface area (Å²) in [6.07, 6.45) is 0.555. The average molecular weight is 141 g/mol. The lowest BCUT2D eigenvalue weighted by atomic mass is 10.3. The second-order valence-electron chi connectivity index (χ2n) is 3.08. The minimum atomic E-state index is -0.289. The molecule has 0 amide bonds. The van der Waals surface area contributed by atoms with E-state index in [2.05, 4.69) is 25.3 Å². The third-order valence-corrected chi connectivity index (χ3v) is 2.02. The molecule has 0 unspecified atom stereocenters. The first-order valence-electron chi connectivity index (χ1n) is 3.76. The lowest BCUT2D eigenvalue weighted by Crippen LogP contribution is -2.26. The molecule has 0 radical (unpaired) electrons. The SMILES string of the molecule is C=C1[C@@H](O)CCN1C(C)C. The first-order chi connectivity index (χ1) is 4.63. The normalized spacial score (nSPS) is 26.6. The molecule has 0 aromatic rings. The Hall–Kier alpha value is -0.500. The summed E-state index contributed by atoms with van der Waals surface area (Å²) in [5.74, 6) is 0. The zero-order valence-corrected chi connectivity index (χ0v) is 6.67. The van der Waals surface area contributed by atoms with E-state index in [1.54, 1.807) is 0 Å². The van der Waals surface area contributed by atoms with Crippen molar-refractivity contribution in [1.29, 1.82) is 0 Å². The molecule has 1 rings (SSSR count). The zero-order chi connectivity index (χ0) is 7.72. The van der Waals surface area contributed by atoms with Gasteiger partial charge in [-0.3, -0.25) is 0 Å². The quantitative estimate of drug-likeness (QED) is 0.588. The van der Waals surface area contributed by atoms with Gasteiger partial charge in [-0.05, 0) is 20.3 Å². The maximum Gasteiger partial charge on any atom is 0.0947 e. The Morgan fingerprint density at radius 3 is 2.50 bits per heavy atom. The van der Waals surface area contributed by atoms with Crippen LogP contribution in [-0.4, -0.2) is 28.7 Å². The molecule has 10 heavy (non-hydrogen) atoms. The fourth-order valence-electron chi connectivity index (χ4n) is 1.35. The molecule has 0 bridgehead atoms. The van der Waals surface area contributed by atoms with Crippen LogP contribution in [0, 0.1) is 0 Å². The number of hydrogen-bond donors (Lipinski definition) is 1. The van der Waals surface area contributed by atoms with Crippen LogP contribution in [0.1, 0.15) is 20.3 Å². The van der Waals surface area contributed by atoms with Gasteiger partial charge in [0.15, 0.2) is 0 Å². The zero-order valence-electron chi connectivity index (χ0n) is 6.67. The average Bonchev–Trinajstić information content (AvgIpc) is 2.14. The van der Waals surface area contributed by atoms with Crippen LogP contribution in [0.4, 0.5) is 0 Å². The van der Waals surface area contributed by atoms with Gasteiger partial charge in [-0.1, -0.05) is 6.58 Å². The number of hydrogen-bond acceptors (Lipinski definition) is 2. The van der Waals surface area contributed by atoms with Gasteiger partial charge in [0.05, 0.1) is 6.10 Å². The molecule has 0 aromatic heterocycles. The molecule has 1 saturated heterocycles. The van der Waals surface area contributed by atoms with E-state index in [-0.39, 0.29) is 6.10 Å². The van der Waals surface area contributed by atoms with Crippen LogP contribution in [-0.2, 0) is 0 Å². The first kappa shape index (κ1) is 7.61. The molecule has 1 aliphatic heterocycles. The van der Waals surface area contributed by atoms with Crippen molar-refractivity contribution < 1.29 is 5.11 Å². The van der Waals surface area contributed by atoms with Gasteiger partial charge in [-0.2, -0.15) is 0 Å². The van der Waals surface area contributed by atoms with Crippen molar-refractivity contribution in [3.05, 3.63) is 12.3 Å². The van der Waals surface area contributed by atoms with Crippen molar-refractivity contribution in [2.75, 3.05) is 6.54 Å². The largest absolute Gasteiger partial charge is 0.387 e. The molecule has 1 heterocycles. The van der Waals surface area contributed by atoms with Crippen molar-refractivity contribution in [2.24, 2.45) is 0 Å². The van der Waals surface area contributed by atoms with E-state index in [9.17, 15) is 5.11 Å². The van der Waals surface area contributed by atoms with Gasteiger partial charge in [-0.25, -0.2) is 0 Å². The van der Waals surface area contributed by atoms with Gasteiger partial charge in [0, 0.05) is 18.3 Å². The predicted octanol–water partition coefficient (Wildman–Crippen LogP) is 0.975. The van der Waals surface area contributed by atoms with Crippen LogP contribution in [0.2, 0.25) is 0 Å². The van der Waals surface area contributed by atoms with Crippen molar-refractivity contribution in [2.45, 2.75) is 32.4 Å². The monoisotopic (exact) mass is 141 g/mol. The summed E-state index contributed by atoms with van der Waals surface area (Å²) in [7, 11) is 0. The number of aliphatic hydroxyl groups excluding tert-OH is 1. The molecular weight excluding hydrogens is 126 g/mol. The fraction of sp³-hybridized carbons (Fsp3) is 0.750. The van der Waals surface area contributed by atoms with Crippen molar-refractivity contribution >= 4 is 0 Å². The summed E-state index contributed by atoms with van der Waals surface area (Å²) >= 11 is 0. The third-order valence-electron chi connectivity index (χ3n) is 2.02. The molecule has 2 heteroatoms. The Morgan fingerprint density at radius 1 is 1.70 bits per heavy atom. The molecule has 0 spiro atoms. The fourth-order valence-corrected chi connectivity index (χ4v) is 1.35. The first-order valence-corrected chi connectivity index (χ1v) is 3.76. The Morgan fingerprint density at radius 2 is 2.30 bits per heavy atom. The van der Waals surface area contributed by atoms with E-state index in [0.717, 1.165) is 18.7 Å². The Balaban J connectivity index is 2.57. The Bertz CT molecular complexity index is 142. The second-order valence-corrected chi connectivity index (χ2v) is 3.08. The number of aliphatic hydroxyl groups is 1. The lowest BCUT2D eigenvalue weighted by molar-refractivity contribution is 0.210. The van der Waals surface area contributed by atoms with Gasteiger partial charge in [0.1, 0.15) is 0 Å². The number of rotatable bonds is 1. The van der Waals surface area contributed by atoms with E-state index in [0.29, 0.717) is 6.04 Å². The maximum atomic E-state index is 9.28. The van der Waals surface area contributed by atoms with E-state index >= 15 is 0 Å². The molecule has 2 nitrogen and oxygen atoms in total. The second kappa shape index (κ2) is 2.62. The van der Waals surface area contributed by atoms with Crippen LogP contribution in [0.5, 0.6) is 0 Å². The van der Waals surface area contributed by atoms with Gasteiger partial charge in [0.25, 0.3) is 0 Å².